The van der Waals surface area contributed by atoms with Gasteiger partial charge in [0.25, 0.3) is 5.56 Å². The fraction of sp³-hybridized carbons (Fsp3) is 0.292. The number of morpholine rings is 1. The summed E-state index contributed by atoms with van der Waals surface area (Å²) in [5, 5.41) is 10.8. The van der Waals surface area contributed by atoms with E-state index >= 15 is 0 Å². The second-order valence-corrected chi connectivity index (χ2v) is 7.72. The van der Waals surface area contributed by atoms with Crippen LogP contribution in [0.4, 0.5) is 17.2 Å². The summed E-state index contributed by atoms with van der Waals surface area (Å²) in [6, 6.07) is 11.8. The molecule has 4 N–H and O–H groups in total. The molecule has 0 radical (unpaired) electrons. The minimum atomic E-state index is -0.220. The van der Waals surface area contributed by atoms with Gasteiger partial charge in [0.15, 0.2) is 5.82 Å². The molecule has 0 bridgehead atoms. The molecule has 4 rings (SSSR count). The fourth-order valence-corrected chi connectivity index (χ4v) is 3.95. The summed E-state index contributed by atoms with van der Waals surface area (Å²) in [6.07, 6.45) is 3.34. The zero-order valence-electron chi connectivity index (χ0n) is 18.4. The number of nitrogens with zero attached hydrogens (tertiary/aromatic N) is 3. The fourth-order valence-electron chi connectivity index (χ4n) is 3.95. The van der Waals surface area contributed by atoms with Gasteiger partial charge in [-0.3, -0.25) is 4.79 Å². The van der Waals surface area contributed by atoms with Gasteiger partial charge in [-0.1, -0.05) is 6.92 Å². The number of aromatic nitrogens is 2. The van der Waals surface area contributed by atoms with Crippen molar-refractivity contribution < 1.29 is 4.74 Å². The van der Waals surface area contributed by atoms with Gasteiger partial charge in [0.05, 0.1) is 24.2 Å². The third kappa shape index (κ3) is 4.09. The Kier molecular flexibility index (Phi) is 6.23. The van der Waals surface area contributed by atoms with Crippen molar-refractivity contribution in [1.82, 2.24) is 9.55 Å². The summed E-state index contributed by atoms with van der Waals surface area (Å²) in [5.74, 6) is 0.281. The van der Waals surface area contributed by atoms with Gasteiger partial charge in [0, 0.05) is 49.5 Å². The molecule has 2 aromatic carbocycles. The monoisotopic (exact) mass is 432 g/mol. The average Bonchev–Trinajstić information content (AvgIpc) is 2.84. The molecule has 1 aromatic heterocycles. The molecule has 2 heterocycles. The van der Waals surface area contributed by atoms with Crippen molar-refractivity contribution in [3.8, 4) is 0 Å². The van der Waals surface area contributed by atoms with Gasteiger partial charge in [0.2, 0.25) is 0 Å². The number of allylic oxidation sites excluding steroid dienone is 1. The molecule has 8 nitrogen and oxygen atoms in total. The second-order valence-electron chi connectivity index (χ2n) is 7.72. The third-order valence-electron chi connectivity index (χ3n) is 5.82. The van der Waals surface area contributed by atoms with E-state index in [2.05, 4.69) is 15.2 Å². The van der Waals surface area contributed by atoms with Crippen LogP contribution in [0.3, 0.4) is 0 Å². The van der Waals surface area contributed by atoms with Gasteiger partial charge in [0.1, 0.15) is 0 Å². The Hall–Kier alpha value is -3.65. The molecular weight excluding hydrogens is 404 g/mol. The quantitative estimate of drug-likeness (QED) is 0.517. The Balaban J connectivity index is 1.70. The van der Waals surface area contributed by atoms with Crippen molar-refractivity contribution in [1.29, 1.82) is 5.41 Å². The SMILES string of the molecule is CCc1cc(/C(C=N)=C/N)cc2c1nc(Nc1ccc(N3CCOCC3)cc1)c(=O)n2C. The van der Waals surface area contributed by atoms with E-state index in [-0.39, 0.29) is 11.4 Å². The zero-order valence-corrected chi connectivity index (χ0v) is 18.4. The van der Waals surface area contributed by atoms with Crippen LogP contribution in [-0.2, 0) is 18.2 Å². The van der Waals surface area contributed by atoms with Crippen LogP contribution in [0.25, 0.3) is 16.6 Å². The average molecular weight is 433 g/mol. The van der Waals surface area contributed by atoms with Crippen molar-refractivity contribution in [2.75, 3.05) is 36.5 Å². The number of anilines is 3. The Bertz CT molecular complexity index is 1220. The van der Waals surface area contributed by atoms with Gasteiger partial charge in [-0.05, 0) is 53.9 Å². The van der Waals surface area contributed by atoms with Crippen LogP contribution in [-0.4, -0.2) is 42.1 Å². The van der Waals surface area contributed by atoms with E-state index in [1.54, 1.807) is 11.6 Å². The van der Waals surface area contributed by atoms with E-state index in [4.69, 9.17) is 15.9 Å². The summed E-state index contributed by atoms with van der Waals surface area (Å²) in [5.41, 5.74) is 11.2. The van der Waals surface area contributed by atoms with Crippen molar-refractivity contribution >= 4 is 40.0 Å². The number of rotatable bonds is 6. The van der Waals surface area contributed by atoms with Gasteiger partial charge in [-0.15, -0.1) is 0 Å². The molecule has 1 saturated heterocycles. The molecule has 0 amide bonds. The smallest absolute Gasteiger partial charge is 0.293 e. The Morgan fingerprint density at radius 2 is 1.97 bits per heavy atom. The molecular formula is C24H28N6O2. The van der Waals surface area contributed by atoms with Crippen molar-refractivity contribution in [2.45, 2.75) is 13.3 Å². The summed E-state index contributed by atoms with van der Waals surface area (Å²) in [4.78, 5) is 20.0. The standard InChI is InChI=1S/C24H28N6O2/c1-3-16-12-17(18(14-25)15-26)13-21-22(16)28-23(24(31)29(21)2)27-19-4-6-20(7-5-19)30-8-10-32-11-9-30/h4-7,12-15,25H,3,8-11,26H2,1-2H3,(H,27,28)/b18-15+,25-14?. The number of hydrogen-bond donors (Lipinski definition) is 3. The summed E-state index contributed by atoms with van der Waals surface area (Å²) in [6.45, 7) is 5.27. The summed E-state index contributed by atoms with van der Waals surface area (Å²) in [7, 11) is 1.73. The van der Waals surface area contributed by atoms with Crippen LogP contribution in [0.5, 0.6) is 0 Å². The number of nitrogens with two attached hydrogens (primary N) is 1. The molecule has 1 aliphatic heterocycles. The van der Waals surface area contributed by atoms with E-state index < -0.39 is 0 Å². The van der Waals surface area contributed by atoms with Crippen LogP contribution >= 0.6 is 0 Å². The van der Waals surface area contributed by atoms with Crippen LogP contribution in [0, 0.1) is 5.41 Å². The number of ether oxygens (including phenoxy) is 1. The number of nitrogens with one attached hydrogen (secondary N) is 2. The van der Waals surface area contributed by atoms with E-state index in [0.717, 1.165) is 60.7 Å². The molecule has 1 fully saturated rings. The molecule has 8 heteroatoms. The minimum absolute atomic E-state index is 0.220. The van der Waals surface area contributed by atoms with E-state index in [1.165, 1.54) is 12.4 Å². The van der Waals surface area contributed by atoms with Crippen molar-refractivity contribution in [3.05, 3.63) is 64.1 Å². The summed E-state index contributed by atoms with van der Waals surface area (Å²) >= 11 is 0. The lowest BCUT2D eigenvalue weighted by Crippen LogP contribution is -2.36. The molecule has 0 spiro atoms. The number of fused-ring (bicyclic) bond motifs is 1. The molecule has 166 valence electrons. The van der Waals surface area contributed by atoms with Crippen molar-refractivity contribution in [3.63, 3.8) is 0 Å². The Morgan fingerprint density at radius 3 is 2.59 bits per heavy atom. The highest BCUT2D eigenvalue weighted by molar-refractivity contribution is 6.09. The predicted octanol–water partition coefficient (Wildman–Crippen LogP) is 3.03. The molecule has 3 aromatic rings. The van der Waals surface area contributed by atoms with Crippen LogP contribution in [0.2, 0.25) is 0 Å². The Labute approximate surface area is 186 Å². The maximum absolute atomic E-state index is 13.1. The van der Waals surface area contributed by atoms with Crippen LogP contribution in [0.15, 0.2) is 47.4 Å². The first-order valence-electron chi connectivity index (χ1n) is 10.7. The van der Waals surface area contributed by atoms with Gasteiger partial charge >= 0.3 is 0 Å². The second kappa shape index (κ2) is 9.23. The molecule has 1 aliphatic rings. The highest BCUT2D eigenvalue weighted by Gasteiger charge is 2.15. The highest BCUT2D eigenvalue weighted by atomic mass is 16.5. The topological polar surface area (TPSA) is 109 Å². The number of benzene rings is 2. The lowest BCUT2D eigenvalue weighted by atomic mass is 10.0. The van der Waals surface area contributed by atoms with Crippen molar-refractivity contribution in [2.24, 2.45) is 12.8 Å². The first kappa shape index (κ1) is 21.6. The van der Waals surface area contributed by atoms with E-state index in [1.807, 2.05) is 43.3 Å². The first-order chi connectivity index (χ1) is 15.5. The largest absolute Gasteiger partial charge is 0.404 e. The number of aryl methyl sites for hydroxylation is 2. The van der Waals surface area contributed by atoms with E-state index in [0.29, 0.717) is 11.1 Å². The molecule has 0 aliphatic carbocycles. The molecule has 0 atom stereocenters. The third-order valence-corrected chi connectivity index (χ3v) is 5.82. The maximum atomic E-state index is 13.1. The van der Waals surface area contributed by atoms with Crippen LogP contribution < -0.4 is 21.5 Å². The first-order valence-corrected chi connectivity index (χ1v) is 10.7. The Morgan fingerprint density at radius 1 is 1.25 bits per heavy atom. The zero-order chi connectivity index (χ0) is 22.7. The van der Waals surface area contributed by atoms with Gasteiger partial charge < -0.3 is 30.7 Å². The lowest BCUT2D eigenvalue weighted by Gasteiger charge is -2.28. The maximum Gasteiger partial charge on any atom is 0.293 e. The normalized spacial score (nSPS) is 14.6. The predicted molar refractivity (Wildman–Crippen MR) is 130 cm³/mol. The number of hydrogen-bond acceptors (Lipinski definition) is 7. The molecule has 32 heavy (non-hydrogen) atoms. The van der Waals surface area contributed by atoms with Gasteiger partial charge in [-0.25, -0.2) is 4.98 Å². The van der Waals surface area contributed by atoms with E-state index in [9.17, 15) is 4.79 Å². The molecule has 0 unspecified atom stereocenters. The highest BCUT2D eigenvalue weighted by Crippen LogP contribution is 2.25. The van der Waals surface area contributed by atoms with Gasteiger partial charge in [-0.2, -0.15) is 0 Å². The summed E-state index contributed by atoms with van der Waals surface area (Å²) < 4.78 is 7.01. The van der Waals surface area contributed by atoms with Crippen LogP contribution in [0.1, 0.15) is 18.1 Å². The molecule has 0 saturated carbocycles. The minimum Gasteiger partial charge on any atom is -0.404 e. The lowest BCUT2D eigenvalue weighted by molar-refractivity contribution is 0.122.